The van der Waals surface area contributed by atoms with Crippen molar-refractivity contribution in [2.45, 2.75) is 32.6 Å². The minimum absolute atomic E-state index is 0.476. The summed E-state index contributed by atoms with van der Waals surface area (Å²) in [6.07, 6.45) is 5.47. The van der Waals surface area contributed by atoms with E-state index < -0.39 is 0 Å². The highest BCUT2D eigenvalue weighted by Gasteiger charge is 2.08. The largest absolute Gasteiger partial charge is 0.237 e. The van der Waals surface area contributed by atoms with Gasteiger partial charge in [-0.3, -0.25) is 0 Å². The molecular weight excluding hydrogens is 138 g/mol. The summed E-state index contributed by atoms with van der Waals surface area (Å²) in [6, 6.07) is 0. The minimum Gasteiger partial charge on any atom is -0.237 e. The Morgan fingerprint density at radius 3 is 2.45 bits per heavy atom. The number of rotatable bonds is 3. The first-order valence-corrected chi connectivity index (χ1v) is 4.02. The average Bonchev–Trinajstić information content (AvgIpc) is 2.09. The molecule has 0 atom stereocenters. The second-order valence-corrected chi connectivity index (χ2v) is 2.51. The second kappa shape index (κ2) is 4.01. The van der Waals surface area contributed by atoms with Crippen LogP contribution in [0.3, 0.4) is 0 Å². The third-order valence-electron chi connectivity index (χ3n) is 1.85. The van der Waals surface area contributed by atoms with Gasteiger partial charge in [0.2, 0.25) is 0 Å². The molecule has 0 aliphatic heterocycles. The monoisotopic (exact) mass is 151 g/mol. The minimum atomic E-state index is 0.476. The summed E-state index contributed by atoms with van der Waals surface area (Å²) in [7, 11) is 0. The Morgan fingerprint density at radius 2 is 2.00 bits per heavy atom. The van der Waals surface area contributed by atoms with Crippen molar-refractivity contribution >= 4 is 0 Å². The maximum absolute atomic E-state index is 4.15. The third-order valence-corrected chi connectivity index (χ3v) is 1.85. The molecule has 0 saturated carbocycles. The Morgan fingerprint density at radius 1 is 1.27 bits per heavy atom. The highest BCUT2D eigenvalue weighted by Crippen LogP contribution is 2.17. The summed E-state index contributed by atoms with van der Waals surface area (Å²) < 4.78 is 0. The van der Waals surface area contributed by atoms with Crippen LogP contribution in [0.1, 0.15) is 38.4 Å². The van der Waals surface area contributed by atoms with Gasteiger partial charge in [0, 0.05) is 12.1 Å². The van der Waals surface area contributed by atoms with Crippen LogP contribution in [-0.2, 0) is 0 Å². The van der Waals surface area contributed by atoms with Crippen LogP contribution in [0, 0.1) is 0 Å². The normalized spacial score (nSPS) is 10.5. The smallest absolute Gasteiger partial charge is 0.153 e. The topological polar surface area (TPSA) is 38.7 Å². The summed E-state index contributed by atoms with van der Waals surface area (Å²) in [4.78, 5) is 4.15. The lowest BCUT2D eigenvalue weighted by atomic mass is 10.0. The molecule has 0 spiro atoms. The molecule has 1 heterocycles. The fourth-order valence-electron chi connectivity index (χ4n) is 1.10. The van der Waals surface area contributed by atoms with Crippen molar-refractivity contribution in [3.63, 3.8) is 0 Å². The van der Waals surface area contributed by atoms with E-state index in [0.717, 1.165) is 18.7 Å². The molecule has 11 heavy (non-hydrogen) atoms. The van der Waals surface area contributed by atoms with Crippen molar-refractivity contribution in [1.82, 2.24) is 15.2 Å². The quantitative estimate of drug-likeness (QED) is 0.661. The van der Waals surface area contributed by atoms with E-state index in [9.17, 15) is 0 Å². The first-order valence-electron chi connectivity index (χ1n) is 4.02. The molecule has 0 amide bonds. The van der Waals surface area contributed by atoms with Crippen LogP contribution in [0.4, 0.5) is 0 Å². The zero-order chi connectivity index (χ0) is 8.10. The molecule has 0 fully saturated rings. The van der Waals surface area contributed by atoms with E-state index in [1.54, 1.807) is 12.4 Å². The van der Waals surface area contributed by atoms with Gasteiger partial charge < -0.3 is 0 Å². The SMILES string of the molecule is CCC(CC)c1nccnn1. The molecule has 0 radical (unpaired) electrons. The number of hydrogen-bond donors (Lipinski definition) is 0. The summed E-state index contributed by atoms with van der Waals surface area (Å²) in [5, 5.41) is 7.75. The molecule has 1 rings (SSSR count). The fourth-order valence-corrected chi connectivity index (χ4v) is 1.10. The molecule has 1 aromatic rings. The van der Waals surface area contributed by atoms with Crippen LogP contribution in [0.5, 0.6) is 0 Å². The van der Waals surface area contributed by atoms with Gasteiger partial charge in [-0.1, -0.05) is 13.8 Å². The molecule has 0 unspecified atom stereocenters. The Kier molecular flexibility index (Phi) is 2.95. The Labute approximate surface area is 66.9 Å². The fraction of sp³-hybridized carbons (Fsp3) is 0.625. The van der Waals surface area contributed by atoms with Crippen LogP contribution < -0.4 is 0 Å². The van der Waals surface area contributed by atoms with Crippen molar-refractivity contribution in [1.29, 1.82) is 0 Å². The van der Waals surface area contributed by atoms with Crippen molar-refractivity contribution in [2.75, 3.05) is 0 Å². The Balaban J connectivity index is 2.74. The zero-order valence-corrected chi connectivity index (χ0v) is 6.99. The van der Waals surface area contributed by atoms with Crippen LogP contribution in [0.15, 0.2) is 12.4 Å². The first kappa shape index (κ1) is 8.11. The summed E-state index contributed by atoms with van der Waals surface area (Å²) in [5.41, 5.74) is 0. The van der Waals surface area contributed by atoms with E-state index in [1.807, 2.05) is 0 Å². The molecule has 3 nitrogen and oxygen atoms in total. The van der Waals surface area contributed by atoms with Gasteiger partial charge in [-0.2, -0.15) is 5.10 Å². The summed E-state index contributed by atoms with van der Waals surface area (Å²) in [6.45, 7) is 4.29. The number of nitrogens with zero attached hydrogens (tertiary/aromatic N) is 3. The van der Waals surface area contributed by atoms with Crippen molar-refractivity contribution < 1.29 is 0 Å². The van der Waals surface area contributed by atoms with Gasteiger partial charge in [0.25, 0.3) is 0 Å². The van der Waals surface area contributed by atoms with Crippen molar-refractivity contribution in [3.05, 3.63) is 18.2 Å². The predicted octanol–water partition coefficient (Wildman–Crippen LogP) is 1.78. The number of aromatic nitrogens is 3. The third kappa shape index (κ3) is 1.97. The first-order chi connectivity index (χ1) is 5.38. The predicted molar refractivity (Wildman–Crippen MR) is 43.2 cm³/mol. The van der Waals surface area contributed by atoms with Gasteiger partial charge >= 0.3 is 0 Å². The van der Waals surface area contributed by atoms with Gasteiger partial charge in [-0.15, -0.1) is 5.10 Å². The molecule has 3 heteroatoms. The van der Waals surface area contributed by atoms with E-state index >= 15 is 0 Å². The highest BCUT2D eigenvalue weighted by molar-refractivity contribution is 4.91. The molecule has 0 saturated heterocycles. The van der Waals surface area contributed by atoms with E-state index in [4.69, 9.17) is 0 Å². The number of hydrogen-bond acceptors (Lipinski definition) is 3. The standard InChI is InChI=1S/C8H13N3/c1-3-7(4-2)8-9-5-6-10-11-8/h5-7H,3-4H2,1-2H3. The van der Waals surface area contributed by atoms with Crippen LogP contribution in [0.25, 0.3) is 0 Å². The maximum Gasteiger partial charge on any atom is 0.153 e. The molecule has 0 aromatic carbocycles. The van der Waals surface area contributed by atoms with E-state index in [0.29, 0.717) is 5.92 Å². The molecular formula is C8H13N3. The van der Waals surface area contributed by atoms with E-state index in [2.05, 4.69) is 29.0 Å². The molecule has 0 aliphatic rings. The summed E-state index contributed by atoms with van der Waals surface area (Å²) >= 11 is 0. The lowest BCUT2D eigenvalue weighted by Gasteiger charge is -2.07. The molecule has 0 bridgehead atoms. The van der Waals surface area contributed by atoms with Crippen LogP contribution >= 0.6 is 0 Å². The summed E-state index contributed by atoms with van der Waals surface area (Å²) in [5.74, 6) is 1.35. The molecule has 60 valence electrons. The highest BCUT2D eigenvalue weighted by atomic mass is 15.1. The molecule has 0 aliphatic carbocycles. The van der Waals surface area contributed by atoms with E-state index in [-0.39, 0.29) is 0 Å². The molecule has 1 aromatic heterocycles. The zero-order valence-electron chi connectivity index (χ0n) is 6.99. The second-order valence-electron chi connectivity index (χ2n) is 2.51. The lowest BCUT2D eigenvalue weighted by Crippen LogP contribution is -2.02. The van der Waals surface area contributed by atoms with Gasteiger partial charge in [-0.25, -0.2) is 4.98 Å². The van der Waals surface area contributed by atoms with Crippen molar-refractivity contribution in [3.8, 4) is 0 Å². The Bertz CT molecular complexity index is 194. The lowest BCUT2D eigenvalue weighted by molar-refractivity contribution is 0.589. The van der Waals surface area contributed by atoms with Crippen LogP contribution in [0.2, 0.25) is 0 Å². The molecule has 0 N–H and O–H groups in total. The van der Waals surface area contributed by atoms with Crippen LogP contribution in [-0.4, -0.2) is 15.2 Å². The van der Waals surface area contributed by atoms with Gasteiger partial charge in [-0.05, 0) is 12.8 Å². The average molecular weight is 151 g/mol. The maximum atomic E-state index is 4.15. The van der Waals surface area contributed by atoms with Gasteiger partial charge in [0.1, 0.15) is 0 Å². The van der Waals surface area contributed by atoms with Crippen molar-refractivity contribution in [2.24, 2.45) is 0 Å². The Hall–Kier alpha value is -0.990. The van der Waals surface area contributed by atoms with Gasteiger partial charge in [0.15, 0.2) is 5.82 Å². The van der Waals surface area contributed by atoms with Gasteiger partial charge in [0.05, 0.1) is 6.20 Å². The van der Waals surface area contributed by atoms with E-state index in [1.165, 1.54) is 0 Å².